The Bertz CT molecular complexity index is 376. The van der Waals surface area contributed by atoms with Gasteiger partial charge in [0, 0.05) is 6.54 Å². The van der Waals surface area contributed by atoms with Gasteiger partial charge < -0.3 is 10.1 Å². The van der Waals surface area contributed by atoms with Gasteiger partial charge >= 0.3 is 0 Å². The third kappa shape index (κ3) is 2.68. The zero-order valence-electron chi connectivity index (χ0n) is 9.03. The van der Waals surface area contributed by atoms with Gasteiger partial charge in [-0.2, -0.15) is 0 Å². The number of alkyl halides is 1. The third-order valence-electron chi connectivity index (χ3n) is 2.65. The molecule has 1 amide bonds. The van der Waals surface area contributed by atoms with E-state index in [0.717, 1.165) is 0 Å². The molecule has 1 N–H and O–H groups in total. The molecule has 1 aliphatic rings. The molecule has 2 rings (SSSR count). The van der Waals surface area contributed by atoms with Gasteiger partial charge in [-0.25, -0.2) is 0 Å². The average Bonchev–Trinajstić information content (AvgIpc) is 3.03. The van der Waals surface area contributed by atoms with Crippen molar-refractivity contribution >= 4 is 28.8 Å². The molecule has 0 spiro atoms. The Balaban J connectivity index is 1.87. The van der Waals surface area contributed by atoms with E-state index in [1.807, 2.05) is 5.38 Å². The summed E-state index contributed by atoms with van der Waals surface area (Å²) >= 11 is 7.49. The van der Waals surface area contributed by atoms with E-state index >= 15 is 0 Å². The largest absolute Gasteiger partial charge is 0.495 e. The first kappa shape index (κ1) is 11.7. The molecule has 0 radical (unpaired) electrons. The summed E-state index contributed by atoms with van der Waals surface area (Å²) in [5.74, 6) is 1.12. The number of halogens is 1. The highest BCUT2D eigenvalue weighted by Gasteiger charge is 2.30. The lowest BCUT2D eigenvalue weighted by Crippen LogP contribution is -2.30. The summed E-state index contributed by atoms with van der Waals surface area (Å²) in [5, 5.41) is 4.75. The number of ether oxygens (including phenoxy) is 1. The van der Waals surface area contributed by atoms with Gasteiger partial charge in [-0.05, 0) is 30.2 Å². The monoisotopic (exact) mass is 259 g/mol. The molecular weight excluding hydrogens is 246 g/mol. The van der Waals surface area contributed by atoms with Crippen LogP contribution in [0.2, 0.25) is 0 Å². The minimum absolute atomic E-state index is 0.0647. The van der Waals surface area contributed by atoms with Gasteiger partial charge in [0.1, 0.15) is 10.6 Å². The van der Waals surface area contributed by atoms with Crippen LogP contribution < -0.4 is 10.1 Å². The first-order chi connectivity index (χ1) is 7.72. The standard InChI is InChI=1S/C11H14ClNO2S/c1-15-9-4-5-16-10(9)11(14)13-6-8(12)7-2-3-7/h4-5,7-8H,2-3,6H2,1H3,(H,13,14). The number of hydrogen-bond acceptors (Lipinski definition) is 3. The smallest absolute Gasteiger partial charge is 0.265 e. The van der Waals surface area contributed by atoms with Gasteiger partial charge in [0.15, 0.2) is 0 Å². The van der Waals surface area contributed by atoms with Crippen LogP contribution in [0.5, 0.6) is 5.75 Å². The van der Waals surface area contributed by atoms with Crippen molar-refractivity contribution in [2.75, 3.05) is 13.7 Å². The second-order valence-electron chi connectivity index (χ2n) is 3.88. The Morgan fingerprint density at radius 1 is 1.75 bits per heavy atom. The minimum atomic E-state index is -0.0989. The van der Waals surface area contributed by atoms with Crippen molar-refractivity contribution in [1.82, 2.24) is 5.32 Å². The number of methoxy groups -OCH3 is 1. The molecule has 0 aromatic carbocycles. The molecule has 1 aromatic rings. The van der Waals surface area contributed by atoms with Crippen molar-refractivity contribution < 1.29 is 9.53 Å². The van der Waals surface area contributed by atoms with Crippen LogP contribution in [0.3, 0.4) is 0 Å². The summed E-state index contributed by atoms with van der Waals surface area (Å²) in [6, 6.07) is 1.79. The fourth-order valence-electron chi connectivity index (χ4n) is 1.52. The van der Waals surface area contributed by atoms with E-state index in [1.54, 1.807) is 13.2 Å². The van der Waals surface area contributed by atoms with E-state index in [0.29, 0.717) is 23.1 Å². The number of rotatable bonds is 5. The lowest BCUT2D eigenvalue weighted by atomic mass is 10.3. The molecule has 0 bridgehead atoms. The Kier molecular flexibility index (Phi) is 3.71. The van der Waals surface area contributed by atoms with Gasteiger partial charge in [-0.1, -0.05) is 0 Å². The number of carbonyl (C=O) groups excluding carboxylic acids is 1. The molecular formula is C11H14ClNO2S. The van der Waals surface area contributed by atoms with Crippen LogP contribution >= 0.6 is 22.9 Å². The maximum absolute atomic E-state index is 11.8. The highest BCUT2D eigenvalue weighted by Crippen LogP contribution is 2.35. The zero-order chi connectivity index (χ0) is 11.5. The molecule has 5 heteroatoms. The van der Waals surface area contributed by atoms with Crippen molar-refractivity contribution in [1.29, 1.82) is 0 Å². The van der Waals surface area contributed by atoms with Gasteiger partial charge in [-0.3, -0.25) is 4.79 Å². The molecule has 1 saturated carbocycles. The second kappa shape index (κ2) is 5.06. The molecule has 0 saturated heterocycles. The summed E-state index contributed by atoms with van der Waals surface area (Å²) in [5.41, 5.74) is 0. The molecule has 1 aromatic heterocycles. The molecule has 0 aliphatic heterocycles. The number of hydrogen-bond donors (Lipinski definition) is 1. The van der Waals surface area contributed by atoms with Crippen LogP contribution in [0.15, 0.2) is 11.4 Å². The fraction of sp³-hybridized carbons (Fsp3) is 0.545. The third-order valence-corrected chi connectivity index (χ3v) is 4.05. The lowest BCUT2D eigenvalue weighted by Gasteiger charge is -2.09. The number of thiophene rings is 1. The maximum Gasteiger partial charge on any atom is 0.265 e. The topological polar surface area (TPSA) is 38.3 Å². The van der Waals surface area contributed by atoms with Crippen LogP contribution in [-0.4, -0.2) is 24.9 Å². The average molecular weight is 260 g/mol. The van der Waals surface area contributed by atoms with E-state index in [1.165, 1.54) is 24.2 Å². The lowest BCUT2D eigenvalue weighted by molar-refractivity contribution is 0.0954. The zero-order valence-corrected chi connectivity index (χ0v) is 10.6. The van der Waals surface area contributed by atoms with Crippen molar-refractivity contribution in [3.63, 3.8) is 0 Å². The van der Waals surface area contributed by atoms with Crippen LogP contribution in [-0.2, 0) is 0 Å². The Labute approximate surface area is 104 Å². The van der Waals surface area contributed by atoms with E-state index in [2.05, 4.69) is 5.32 Å². The van der Waals surface area contributed by atoms with Crippen LogP contribution in [0.1, 0.15) is 22.5 Å². The van der Waals surface area contributed by atoms with Crippen LogP contribution in [0.4, 0.5) is 0 Å². The molecule has 1 unspecified atom stereocenters. The number of amides is 1. The van der Waals surface area contributed by atoms with Crippen LogP contribution in [0, 0.1) is 5.92 Å². The summed E-state index contributed by atoms with van der Waals surface area (Å²) in [6.45, 7) is 0.534. The Hall–Kier alpha value is -0.740. The van der Waals surface area contributed by atoms with Crippen molar-refractivity contribution in [2.45, 2.75) is 18.2 Å². The van der Waals surface area contributed by atoms with Gasteiger partial charge in [0.2, 0.25) is 0 Å². The summed E-state index contributed by atoms with van der Waals surface area (Å²) in [7, 11) is 1.56. The highest BCUT2D eigenvalue weighted by atomic mass is 35.5. The molecule has 88 valence electrons. The number of carbonyl (C=O) groups is 1. The minimum Gasteiger partial charge on any atom is -0.495 e. The second-order valence-corrected chi connectivity index (χ2v) is 5.36. The fourth-order valence-corrected chi connectivity index (χ4v) is 2.62. The Morgan fingerprint density at radius 3 is 3.12 bits per heavy atom. The summed E-state index contributed by atoms with van der Waals surface area (Å²) < 4.78 is 5.09. The van der Waals surface area contributed by atoms with Crippen molar-refractivity contribution in [3.8, 4) is 5.75 Å². The first-order valence-corrected chi connectivity index (χ1v) is 6.57. The van der Waals surface area contributed by atoms with Crippen molar-refractivity contribution in [3.05, 3.63) is 16.3 Å². The molecule has 16 heavy (non-hydrogen) atoms. The number of nitrogens with one attached hydrogen (secondary N) is 1. The predicted molar refractivity (Wildman–Crippen MR) is 65.6 cm³/mol. The normalized spacial score (nSPS) is 16.9. The highest BCUT2D eigenvalue weighted by molar-refractivity contribution is 7.12. The summed E-state index contributed by atoms with van der Waals surface area (Å²) in [4.78, 5) is 12.4. The van der Waals surface area contributed by atoms with E-state index in [4.69, 9.17) is 16.3 Å². The van der Waals surface area contributed by atoms with Gasteiger partial charge in [0.05, 0.1) is 12.5 Å². The van der Waals surface area contributed by atoms with Gasteiger partial charge in [-0.15, -0.1) is 22.9 Å². The molecule has 1 aliphatic carbocycles. The van der Waals surface area contributed by atoms with E-state index in [-0.39, 0.29) is 11.3 Å². The predicted octanol–water partition coefficient (Wildman–Crippen LogP) is 2.50. The quantitative estimate of drug-likeness (QED) is 0.825. The van der Waals surface area contributed by atoms with E-state index in [9.17, 15) is 4.79 Å². The maximum atomic E-state index is 11.8. The van der Waals surface area contributed by atoms with Crippen LogP contribution in [0.25, 0.3) is 0 Å². The van der Waals surface area contributed by atoms with Crippen molar-refractivity contribution in [2.24, 2.45) is 5.92 Å². The molecule has 1 fully saturated rings. The Morgan fingerprint density at radius 2 is 2.50 bits per heavy atom. The molecule has 1 heterocycles. The van der Waals surface area contributed by atoms with Gasteiger partial charge in [0.25, 0.3) is 5.91 Å². The molecule has 1 atom stereocenters. The molecule has 3 nitrogen and oxygen atoms in total. The SMILES string of the molecule is COc1ccsc1C(=O)NCC(Cl)C1CC1. The van der Waals surface area contributed by atoms with E-state index < -0.39 is 0 Å². The first-order valence-electron chi connectivity index (χ1n) is 5.26. The summed E-state index contributed by atoms with van der Waals surface area (Å²) in [6.07, 6.45) is 2.37.